The van der Waals surface area contributed by atoms with Gasteiger partial charge >= 0.3 is 5.97 Å². The maximum Gasteiger partial charge on any atom is 0.335 e. The number of nitrogens with one attached hydrogen (secondary N) is 1. The van der Waals surface area contributed by atoms with Crippen LogP contribution in [-0.4, -0.2) is 16.9 Å². The number of halogens is 4. The lowest BCUT2D eigenvalue weighted by Crippen LogP contribution is -2.33. The monoisotopic (exact) mass is 380 g/mol. The van der Waals surface area contributed by atoms with E-state index in [1.54, 1.807) is 0 Å². The number of carboxylic acids is 1. The molecule has 0 bridgehead atoms. The molecule has 134 valence electrons. The van der Waals surface area contributed by atoms with Crippen LogP contribution in [0.15, 0.2) is 52.7 Å². The van der Waals surface area contributed by atoms with Gasteiger partial charge in [-0.2, -0.15) is 0 Å². The number of aliphatic imine (C=N–C) groups is 1. The summed E-state index contributed by atoms with van der Waals surface area (Å²) in [5, 5.41) is 12.1. The molecule has 0 amide bonds. The fraction of sp³-hybridized carbons (Fsp3) is 0.111. The van der Waals surface area contributed by atoms with Gasteiger partial charge in [-0.05, 0) is 31.2 Å². The zero-order valence-electron chi connectivity index (χ0n) is 13.4. The summed E-state index contributed by atoms with van der Waals surface area (Å²) in [6.07, 6.45) is 0. The van der Waals surface area contributed by atoms with Crippen molar-refractivity contribution < 1.29 is 23.1 Å². The third-order valence-electron chi connectivity index (χ3n) is 3.93. The van der Waals surface area contributed by atoms with Crippen LogP contribution in [0.2, 0.25) is 5.02 Å². The van der Waals surface area contributed by atoms with Gasteiger partial charge in [0.25, 0.3) is 0 Å². The number of amidine groups is 1. The maximum absolute atomic E-state index is 14.1. The summed E-state index contributed by atoms with van der Waals surface area (Å²) < 4.78 is 41.6. The summed E-state index contributed by atoms with van der Waals surface area (Å²) in [7, 11) is 0. The Hall–Kier alpha value is -2.80. The molecule has 8 heteroatoms. The van der Waals surface area contributed by atoms with Crippen LogP contribution in [0.25, 0.3) is 0 Å². The number of hydrogen-bond acceptors (Lipinski definition) is 3. The summed E-state index contributed by atoms with van der Waals surface area (Å²) in [6.45, 7) is 1.45. The standard InChI is InChI=1S/C18H12ClF3N2O2/c1-8-14(18(25)26)16(10-6-5-9(20)7-11(10)19)24-17(23-8)15-12(21)3-2-4-13(15)22/h2-7,16H,1H3,(H,23,24)(H,25,26). The topological polar surface area (TPSA) is 61.7 Å². The Morgan fingerprint density at radius 3 is 2.42 bits per heavy atom. The molecule has 0 radical (unpaired) electrons. The molecule has 1 aliphatic heterocycles. The summed E-state index contributed by atoms with van der Waals surface area (Å²) >= 11 is 6.04. The Kier molecular flexibility index (Phi) is 4.73. The van der Waals surface area contributed by atoms with Gasteiger partial charge < -0.3 is 10.4 Å². The van der Waals surface area contributed by atoms with Crippen LogP contribution in [0.4, 0.5) is 13.2 Å². The van der Waals surface area contributed by atoms with Crippen LogP contribution in [0.3, 0.4) is 0 Å². The van der Waals surface area contributed by atoms with E-state index in [1.165, 1.54) is 19.1 Å². The highest BCUT2D eigenvalue weighted by atomic mass is 35.5. The number of allylic oxidation sites excluding steroid dienone is 1. The van der Waals surface area contributed by atoms with E-state index in [1.807, 2.05) is 0 Å². The summed E-state index contributed by atoms with van der Waals surface area (Å²) in [6, 6.07) is 5.60. The highest BCUT2D eigenvalue weighted by molar-refractivity contribution is 6.31. The number of carboxylic acid groups (broad SMARTS) is 1. The molecule has 0 aromatic heterocycles. The molecule has 2 aromatic carbocycles. The second-order valence-electron chi connectivity index (χ2n) is 5.61. The Bertz CT molecular complexity index is 953. The molecule has 0 aliphatic carbocycles. The average Bonchev–Trinajstić information content (AvgIpc) is 2.53. The van der Waals surface area contributed by atoms with Crippen molar-refractivity contribution in [3.63, 3.8) is 0 Å². The molecule has 0 spiro atoms. The minimum atomic E-state index is -1.28. The quantitative estimate of drug-likeness (QED) is 0.838. The van der Waals surface area contributed by atoms with Gasteiger partial charge in [-0.1, -0.05) is 23.7 Å². The number of rotatable bonds is 3. The predicted octanol–water partition coefficient (Wildman–Crippen LogP) is 4.21. The molecule has 1 atom stereocenters. The minimum Gasteiger partial charge on any atom is -0.478 e. The van der Waals surface area contributed by atoms with E-state index in [2.05, 4.69) is 10.3 Å². The molecule has 1 unspecified atom stereocenters. The Morgan fingerprint density at radius 2 is 1.85 bits per heavy atom. The van der Waals surface area contributed by atoms with Gasteiger partial charge in [0.05, 0.1) is 11.1 Å². The first-order chi connectivity index (χ1) is 12.3. The van der Waals surface area contributed by atoms with Gasteiger partial charge in [-0.3, -0.25) is 4.99 Å². The van der Waals surface area contributed by atoms with Crippen LogP contribution < -0.4 is 5.32 Å². The SMILES string of the molecule is CC1=C(C(=O)O)C(c2ccc(F)cc2Cl)N=C(c2c(F)cccc2F)N1. The van der Waals surface area contributed by atoms with Crippen LogP contribution in [0.1, 0.15) is 24.1 Å². The molecule has 3 rings (SSSR count). The summed E-state index contributed by atoms with van der Waals surface area (Å²) in [4.78, 5) is 15.8. The number of hydrogen-bond donors (Lipinski definition) is 2. The number of nitrogens with zero attached hydrogens (tertiary/aromatic N) is 1. The Balaban J connectivity index is 2.21. The van der Waals surface area contributed by atoms with Gasteiger partial charge in [0.2, 0.25) is 0 Å². The molecular formula is C18H12ClF3N2O2. The lowest BCUT2D eigenvalue weighted by Gasteiger charge is -2.26. The lowest BCUT2D eigenvalue weighted by atomic mass is 9.95. The molecule has 1 aliphatic rings. The van der Waals surface area contributed by atoms with Crippen molar-refractivity contribution in [1.82, 2.24) is 5.32 Å². The van der Waals surface area contributed by atoms with Crippen LogP contribution in [-0.2, 0) is 4.79 Å². The fourth-order valence-corrected chi connectivity index (χ4v) is 3.02. The van der Waals surface area contributed by atoms with Gasteiger partial charge in [0.15, 0.2) is 0 Å². The van der Waals surface area contributed by atoms with E-state index in [0.29, 0.717) is 0 Å². The van der Waals surface area contributed by atoms with Crippen molar-refractivity contribution in [2.75, 3.05) is 0 Å². The van der Waals surface area contributed by atoms with Crippen LogP contribution in [0.5, 0.6) is 0 Å². The summed E-state index contributed by atoms with van der Waals surface area (Å²) in [5.41, 5.74) is -0.213. The number of benzene rings is 2. The first-order valence-electron chi connectivity index (χ1n) is 7.47. The van der Waals surface area contributed by atoms with E-state index in [0.717, 1.165) is 24.3 Å². The van der Waals surface area contributed by atoms with Crippen molar-refractivity contribution in [3.8, 4) is 0 Å². The van der Waals surface area contributed by atoms with Gasteiger partial charge in [-0.15, -0.1) is 0 Å². The van der Waals surface area contributed by atoms with Crippen molar-refractivity contribution in [2.45, 2.75) is 13.0 Å². The molecule has 4 nitrogen and oxygen atoms in total. The Morgan fingerprint density at radius 1 is 1.19 bits per heavy atom. The molecule has 0 fully saturated rings. The molecule has 2 N–H and O–H groups in total. The Labute approximate surface area is 151 Å². The van der Waals surface area contributed by atoms with E-state index in [-0.39, 0.29) is 27.7 Å². The van der Waals surface area contributed by atoms with Crippen molar-refractivity contribution in [1.29, 1.82) is 0 Å². The lowest BCUT2D eigenvalue weighted by molar-refractivity contribution is -0.133. The predicted molar refractivity (Wildman–Crippen MR) is 90.5 cm³/mol. The average molecular weight is 381 g/mol. The van der Waals surface area contributed by atoms with E-state index < -0.39 is 35.0 Å². The van der Waals surface area contributed by atoms with Gasteiger partial charge in [-0.25, -0.2) is 18.0 Å². The first-order valence-corrected chi connectivity index (χ1v) is 7.85. The smallest absolute Gasteiger partial charge is 0.335 e. The largest absolute Gasteiger partial charge is 0.478 e. The van der Waals surface area contributed by atoms with Crippen molar-refractivity contribution in [2.24, 2.45) is 4.99 Å². The molecule has 0 saturated heterocycles. The zero-order valence-corrected chi connectivity index (χ0v) is 14.1. The van der Waals surface area contributed by atoms with Gasteiger partial charge in [0, 0.05) is 16.3 Å². The summed E-state index contributed by atoms with van der Waals surface area (Å²) in [5.74, 6) is -3.76. The van der Waals surface area contributed by atoms with Crippen LogP contribution >= 0.6 is 11.6 Å². The molecule has 1 heterocycles. The van der Waals surface area contributed by atoms with E-state index >= 15 is 0 Å². The van der Waals surface area contributed by atoms with Crippen LogP contribution in [0, 0.1) is 17.5 Å². The maximum atomic E-state index is 14.1. The van der Waals surface area contributed by atoms with Crippen molar-refractivity contribution in [3.05, 3.63) is 81.3 Å². The fourth-order valence-electron chi connectivity index (χ4n) is 2.75. The highest BCUT2D eigenvalue weighted by Crippen LogP contribution is 2.36. The molecule has 0 saturated carbocycles. The molecule has 26 heavy (non-hydrogen) atoms. The minimum absolute atomic E-state index is 0.0412. The normalized spacial score (nSPS) is 17.0. The first kappa shape index (κ1) is 18.0. The highest BCUT2D eigenvalue weighted by Gasteiger charge is 2.32. The third kappa shape index (κ3) is 3.17. The molecular weight excluding hydrogens is 369 g/mol. The molecule has 2 aromatic rings. The van der Waals surface area contributed by atoms with Gasteiger partial charge in [0.1, 0.15) is 29.3 Å². The third-order valence-corrected chi connectivity index (χ3v) is 4.26. The number of carbonyl (C=O) groups is 1. The second-order valence-corrected chi connectivity index (χ2v) is 6.02. The van der Waals surface area contributed by atoms with E-state index in [9.17, 15) is 23.1 Å². The van der Waals surface area contributed by atoms with Crippen molar-refractivity contribution >= 4 is 23.4 Å². The number of aliphatic carboxylic acids is 1. The van der Waals surface area contributed by atoms with E-state index in [4.69, 9.17) is 11.6 Å². The zero-order chi connectivity index (χ0) is 19.0. The second kappa shape index (κ2) is 6.84.